The van der Waals surface area contributed by atoms with Crippen molar-refractivity contribution in [1.29, 1.82) is 0 Å². The Hall–Kier alpha value is -3.22. The normalized spacial score (nSPS) is 10.1. The van der Waals surface area contributed by atoms with Crippen LogP contribution in [0.2, 0.25) is 0 Å². The van der Waals surface area contributed by atoms with Gasteiger partial charge in [-0.1, -0.05) is 0 Å². The fourth-order valence-corrected chi connectivity index (χ4v) is 1.67. The summed E-state index contributed by atoms with van der Waals surface area (Å²) in [6, 6.07) is 7.52. The highest BCUT2D eigenvalue weighted by molar-refractivity contribution is 6.06. The number of anilines is 2. The van der Waals surface area contributed by atoms with Crippen LogP contribution in [0.25, 0.3) is 0 Å². The summed E-state index contributed by atoms with van der Waals surface area (Å²) in [4.78, 5) is 22.8. The zero-order valence-corrected chi connectivity index (χ0v) is 10.7. The van der Waals surface area contributed by atoms with Crippen LogP contribution >= 0.6 is 0 Å². The second-order valence-corrected chi connectivity index (χ2v) is 4.26. The van der Waals surface area contributed by atoms with E-state index in [1.54, 1.807) is 0 Å². The molecular weight excluding hydrogens is 276 g/mol. The molecule has 21 heavy (non-hydrogen) atoms. The molecule has 0 unspecified atom stereocenters. The number of carbonyl (C=O) groups is 2. The minimum atomic E-state index is -1.12. The molecule has 0 saturated heterocycles. The van der Waals surface area contributed by atoms with E-state index in [-0.39, 0.29) is 28.3 Å². The molecule has 0 spiro atoms. The number of benzene rings is 2. The van der Waals surface area contributed by atoms with Gasteiger partial charge in [0.1, 0.15) is 0 Å². The van der Waals surface area contributed by atoms with Crippen molar-refractivity contribution < 1.29 is 24.9 Å². The maximum atomic E-state index is 12.0. The molecule has 1 amide bonds. The number of aromatic carboxylic acids is 1. The SMILES string of the molecule is Nc1cc(C(=O)O)ccc1NC(=O)c1ccc(O)c(O)c1. The molecule has 0 aliphatic rings. The number of hydrogen-bond acceptors (Lipinski definition) is 5. The molecule has 0 saturated carbocycles. The second kappa shape index (κ2) is 5.41. The number of aromatic hydroxyl groups is 2. The minimum Gasteiger partial charge on any atom is -0.504 e. The number of nitrogen functional groups attached to an aromatic ring is 1. The van der Waals surface area contributed by atoms with Crippen LogP contribution in [0.5, 0.6) is 11.5 Å². The average Bonchev–Trinajstić information content (AvgIpc) is 2.43. The summed E-state index contributed by atoms with van der Waals surface area (Å²) in [6.45, 7) is 0. The van der Waals surface area contributed by atoms with Gasteiger partial charge in [-0.05, 0) is 36.4 Å². The third-order valence-corrected chi connectivity index (χ3v) is 2.78. The maximum absolute atomic E-state index is 12.0. The zero-order valence-electron chi connectivity index (χ0n) is 10.7. The van der Waals surface area contributed by atoms with E-state index in [1.807, 2.05) is 0 Å². The molecule has 0 fully saturated rings. The molecule has 0 radical (unpaired) electrons. The number of nitrogens with one attached hydrogen (secondary N) is 1. The topological polar surface area (TPSA) is 133 Å². The Bertz CT molecular complexity index is 727. The maximum Gasteiger partial charge on any atom is 0.335 e. The van der Waals surface area contributed by atoms with Gasteiger partial charge in [0.2, 0.25) is 0 Å². The number of phenolic OH excluding ortho intramolecular Hbond substituents is 2. The van der Waals surface area contributed by atoms with Gasteiger partial charge in [0.05, 0.1) is 16.9 Å². The van der Waals surface area contributed by atoms with Crippen molar-refractivity contribution in [2.24, 2.45) is 0 Å². The number of nitrogens with two attached hydrogens (primary N) is 1. The van der Waals surface area contributed by atoms with Crippen LogP contribution in [0.3, 0.4) is 0 Å². The van der Waals surface area contributed by atoms with Gasteiger partial charge in [-0.2, -0.15) is 0 Å². The summed E-state index contributed by atoms with van der Waals surface area (Å²) in [5, 5.41) is 29.8. The molecule has 7 heteroatoms. The van der Waals surface area contributed by atoms with Gasteiger partial charge >= 0.3 is 5.97 Å². The van der Waals surface area contributed by atoms with Crippen molar-refractivity contribution in [1.82, 2.24) is 0 Å². The van der Waals surface area contributed by atoms with Crippen LogP contribution in [0, 0.1) is 0 Å². The Morgan fingerprint density at radius 2 is 1.62 bits per heavy atom. The van der Waals surface area contributed by atoms with E-state index in [0.29, 0.717) is 0 Å². The van der Waals surface area contributed by atoms with Crippen LogP contribution in [0.4, 0.5) is 11.4 Å². The summed E-state index contributed by atoms with van der Waals surface area (Å²) in [5.41, 5.74) is 6.15. The van der Waals surface area contributed by atoms with Crippen molar-refractivity contribution in [3.63, 3.8) is 0 Å². The third-order valence-electron chi connectivity index (χ3n) is 2.78. The smallest absolute Gasteiger partial charge is 0.335 e. The van der Waals surface area contributed by atoms with Crippen LogP contribution in [-0.2, 0) is 0 Å². The van der Waals surface area contributed by atoms with Crippen molar-refractivity contribution in [2.45, 2.75) is 0 Å². The Balaban J connectivity index is 2.23. The number of carboxylic acid groups (broad SMARTS) is 1. The summed E-state index contributed by atoms with van der Waals surface area (Å²) < 4.78 is 0. The van der Waals surface area contributed by atoms with E-state index >= 15 is 0 Å². The largest absolute Gasteiger partial charge is 0.504 e. The molecule has 6 N–H and O–H groups in total. The molecule has 108 valence electrons. The molecular formula is C14H12N2O5. The molecule has 0 bridgehead atoms. The first-order chi connectivity index (χ1) is 9.88. The lowest BCUT2D eigenvalue weighted by molar-refractivity contribution is 0.0696. The van der Waals surface area contributed by atoms with E-state index in [1.165, 1.54) is 30.3 Å². The Morgan fingerprint density at radius 3 is 2.19 bits per heavy atom. The van der Waals surface area contributed by atoms with Crippen LogP contribution < -0.4 is 11.1 Å². The fraction of sp³-hybridized carbons (Fsp3) is 0. The number of hydrogen-bond donors (Lipinski definition) is 5. The Labute approximate surface area is 119 Å². The van der Waals surface area contributed by atoms with Gasteiger partial charge in [0.15, 0.2) is 11.5 Å². The highest BCUT2D eigenvalue weighted by Crippen LogP contribution is 2.26. The molecule has 0 heterocycles. The molecule has 2 aromatic rings. The second-order valence-electron chi connectivity index (χ2n) is 4.26. The van der Waals surface area contributed by atoms with Gasteiger partial charge in [-0.25, -0.2) is 4.79 Å². The zero-order chi connectivity index (χ0) is 15.6. The monoisotopic (exact) mass is 288 g/mol. The third kappa shape index (κ3) is 3.03. The van der Waals surface area contributed by atoms with Crippen LogP contribution in [-0.4, -0.2) is 27.2 Å². The molecule has 0 aliphatic carbocycles. The van der Waals surface area contributed by atoms with E-state index in [0.717, 1.165) is 6.07 Å². The summed E-state index contributed by atoms with van der Waals surface area (Å²) in [7, 11) is 0. The first-order valence-corrected chi connectivity index (χ1v) is 5.84. The van der Waals surface area contributed by atoms with Crippen molar-refractivity contribution in [2.75, 3.05) is 11.1 Å². The van der Waals surface area contributed by atoms with Crippen LogP contribution in [0.15, 0.2) is 36.4 Å². The Morgan fingerprint density at radius 1 is 0.952 bits per heavy atom. The minimum absolute atomic E-state index is 0.00720. The van der Waals surface area contributed by atoms with Gasteiger partial charge in [0, 0.05) is 5.56 Å². The lowest BCUT2D eigenvalue weighted by Crippen LogP contribution is -2.13. The van der Waals surface area contributed by atoms with Crippen molar-refractivity contribution >= 4 is 23.3 Å². The van der Waals surface area contributed by atoms with Crippen molar-refractivity contribution in [3.05, 3.63) is 47.5 Å². The first kappa shape index (κ1) is 14.2. The lowest BCUT2D eigenvalue weighted by Gasteiger charge is -2.09. The summed E-state index contributed by atoms with van der Waals surface area (Å²) in [5.74, 6) is -2.43. The van der Waals surface area contributed by atoms with Gasteiger partial charge in [0.25, 0.3) is 5.91 Å². The molecule has 0 aromatic heterocycles. The molecule has 2 aromatic carbocycles. The Kier molecular flexibility index (Phi) is 3.66. The lowest BCUT2D eigenvalue weighted by atomic mass is 10.1. The number of phenols is 2. The van der Waals surface area contributed by atoms with Crippen LogP contribution in [0.1, 0.15) is 20.7 Å². The number of carboxylic acids is 1. The highest BCUT2D eigenvalue weighted by Gasteiger charge is 2.12. The predicted molar refractivity (Wildman–Crippen MR) is 75.5 cm³/mol. The summed E-state index contributed by atoms with van der Waals surface area (Å²) in [6.07, 6.45) is 0. The van der Waals surface area contributed by atoms with E-state index in [2.05, 4.69) is 5.32 Å². The quantitative estimate of drug-likeness (QED) is 0.430. The van der Waals surface area contributed by atoms with E-state index < -0.39 is 17.6 Å². The van der Waals surface area contributed by atoms with Gasteiger partial charge < -0.3 is 26.4 Å². The average molecular weight is 288 g/mol. The standard InChI is InChI=1S/C14H12N2O5/c15-9-5-8(14(20)21)1-3-10(9)16-13(19)7-2-4-11(17)12(18)6-7/h1-6,17-18H,15H2,(H,16,19)(H,20,21). The number of carbonyl (C=O) groups excluding carboxylic acids is 1. The molecule has 7 nitrogen and oxygen atoms in total. The summed E-state index contributed by atoms with van der Waals surface area (Å²) >= 11 is 0. The highest BCUT2D eigenvalue weighted by atomic mass is 16.4. The molecule has 0 aliphatic heterocycles. The fourth-order valence-electron chi connectivity index (χ4n) is 1.67. The van der Waals surface area contributed by atoms with E-state index in [4.69, 9.17) is 10.8 Å². The van der Waals surface area contributed by atoms with Crippen molar-refractivity contribution in [3.8, 4) is 11.5 Å². The van der Waals surface area contributed by atoms with E-state index in [9.17, 15) is 19.8 Å². The predicted octanol–water partition coefficient (Wildman–Crippen LogP) is 1.63. The number of rotatable bonds is 3. The molecule has 2 rings (SSSR count). The number of amides is 1. The van der Waals surface area contributed by atoms with Gasteiger partial charge in [-0.15, -0.1) is 0 Å². The first-order valence-electron chi connectivity index (χ1n) is 5.84. The van der Waals surface area contributed by atoms with Gasteiger partial charge in [-0.3, -0.25) is 4.79 Å². The molecule has 0 atom stereocenters.